The maximum absolute atomic E-state index is 4.79. The normalized spacial score (nSPS) is 9.27. The SMILES string of the molecule is CN(C)c1ccc(C=S)cc1. The van der Waals surface area contributed by atoms with Crippen molar-refractivity contribution in [1.82, 2.24) is 0 Å². The van der Waals surface area contributed by atoms with E-state index in [1.165, 1.54) is 5.69 Å². The summed E-state index contributed by atoms with van der Waals surface area (Å²) in [4.78, 5) is 2.06. The summed E-state index contributed by atoms with van der Waals surface area (Å²) in [6, 6.07) is 8.14. The topological polar surface area (TPSA) is 3.24 Å². The maximum Gasteiger partial charge on any atom is 0.0361 e. The Morgan fingerprint density at radius 2 is 1.73 bits per heavy atom. The summed E-state index contributed by atoms with van der Waals surface area (Å²) in [6.07, 6.45) is 0. The van der Waals surface area contributed by atoms with Crippen LogP contribution in [-0.4, -0.2) is 19.5 Å². The van der Waals surface area contributed by atoms with Crippen LogP contribution in [0.15, 0.2) is 24.3 Å². The van der Waals surface area contributed by atoms with Gasteiger partial charge in [-0.1, -0.05) is 24.4 Å². The van der Waals surface area contributed by atoms with E-state index in [1.807, 2.05) is 26.2 Å². The van der Waals surface area contributed by atoms with Crippen molar-refractivity contribution in [1.29, 1.82) is 0 Å². The molecule has 0 unspecified atom stereocenters. The third-order valence-electron chi connectivity index (χ3n) is 1.55. The molecule has 0 aromatic heterocycles. The molecule has 1 aromatic carbocycles. The van der Waals surface area contributed by atoms with E-state index in [1.54, 1.807) is 5.37 Å². The van der Waals surface area contributed by atoms with Gasteiger partial charge in [0.1, 0.15) is 0 Å². The molecule has 0 N–H and O–H groups in total. The molecule has 0 amide bonds. The predicted molar refractivity (Wildman–Crippen MR) is 53.5 cm³/mol. The molecule has 11 heavy (non-hydrogen) atoms. The Hall–Kier alpha value is -0.890. The van der Waals surface area contributed by atoms with Crippen LogP contribution in [0.5, 0.6) is 0 Å². The molecule has 0 aliphatic carbocycles. The van der Waals surface area contributed by atoms with Crippen molar-refractivity contribution in [3.8, 4) is 0 Å². The largest absolute Gasteiger partial charge is 0.378 e. The van der Waals surface area contributed by atoms with Gasteiger partial charge in [-0.25, -0.2) is 0 Å². The Kier molecular flexibility index (Phi) is 2.60. The second kappa shape index (κ2) is 3.49. The average molecular weight is 165 g/mol. The van der Waals surface area contributed by atoms with E-state index in [9.17, 15) is 0 Å². The minimum Gasteiger partial charge on any atom is -0.378 e. The summed E-state index contributed by atoms with van der Waals surface area (Å²) in [5.41, 5.74) is 2.29. The van der Waals surface area contributed by atoms with E-state index < -0.39 is 0 Å². The van der Waals surface area contributed by atoms with Gasteiger partial charge < -0.3 is 4.90 Å². The molecule has 0 saturated heterocycles. The van der Waals surface area contributed by atoms with Crippen LogP contribution in [-0.2, 0) is 0 Å². The van der Waals surface area contributed by atoms with Gasteiger partial charge in [-0.05, 0) is 17.7 Å². The zero-order chi connectivity index (χ0) is 8.27. The van der Waals surface area contributed by atoms with Crippen molar-refractivity contribution in [2.45, 2.75) is 0 Å². The van der Waals surface area contributed by atoms with Crippen molar-refractivity contribution in [3.05, 3.63) is 29.8 Å². The summed E-state index contributed by atoms with van der Waals surface area (Å²) < 4.78 is 0. The minimum absolute atomic E-state index is 1.09. The number of hydrogen-bond donors (Lipinski definition) is 0. The van der Waals surface area contributed by atoms with E-state index in [-0.39, 0.29) is 0 Å². The molecule has 1 nitrogen and oxygen atoms in total. The van der Waals surface area contributed by atoms with Crippen molar-refractivity contribution in [2.75, 3.05) is 19.0 Å². The Morgan fingerprint density at radius 3 is 2.09 bits per heavy atom. The highest BCUT2D eigenvalue weighted by Gasteiger charge is 1.92. The molecular formula is C9H11NS. The Bertz CT molecular complexity index is 238. The Morgan fingerprint density at radius 1 is 1.18 bits per heavy atom. The molecule has 0 bridgehead atoms. The smallest absolute Gasteiger partial charge is 0.0361 e. The highest BCUT2D eigenvalue weighted by Crippen LogP contribution is 2.10. The van der Waals surface area contributed by atoms with Gasteiger partial charge in [0.2, 0.25) is 0 Å². The van der Waals surface area contributed by atoms with Crippen LogP contribution in [0.4, 0.5) is 5.69 Å². The standard InChI is InChI=1S/C9H11NS/c1-10(2)9-5-3-8(7-11)4-6-9/h3-7H,1-2H3. The molecule has 1 rings (SSSR count). The van der Waals surface area contributed by atoms with Crippen LogP contribution in [0.1, 0.15) is 5.56 Å². The third kappa shape index (κ3) is 2.02. The highest BCUT2D eigenvalue weighted by molar-refractivity contribution is 7.79. The first-order valence-corrected chi connectivity index (χ1v) is 3.94. The molecule has 0 fully saturated rings. The molecule has 0 spiro atoms. The molecule has 0 heterocycles. The van der Waals surface area contributed by atoms with Gasteiger partial charge in [0.05, 0.1) is 0 Å². The summed E-state index contributed by atoms with van der Waals surface area (Å²) in [7, 11) is 4.04. The molecule has 0 aliphatic heterocycles. The summed E-state index contributed by atoms with van der Waals surface area (Å²) >= 11 is 4.79. The first-order valence-electron chi connectivity index (χ1n) is 3.46. The first kappa shape index (κ1) is 8.21. The molecule has 2 heteroatoms. The van der Waals surface area contributed by atoms with Crippen LogP contribution in [0.2, 0.25) is 0 Å². The summed E-state index contributed by atoms with van der Waals surface area (Å²) in [5, 5.41) is 1.68. The number of anilines is 1. The number of thiocarbonyl (C=S) groups is 1. The lowest BCUT2D eigenvalue weighted by Gasteiger charge is -2.11. The second-order valence-corrected chi connectivity index (χ2v) is 2.84. The molecule has 58 valence electrons. The maximum atomic E-state index is 4.79. The molecule has 0 saturated carbocycles. The number of benzene rings is 1. The third-order valence-corrected chi connectivity index (χ3v) is 1.82. The molecule has 0 radical (unpaired) electrons. The van der Waals surface area contributed by atoms with Crippen LogP contribution < -0.4 is 4.90 Å². The van der Waals surface area contributed by atoms with Crippen molar-refractivity contribution in [2.24, 2.45) is 0 Å². The summed E-state index contributed by atoms with van der Waals surface area (Å²) in [6.45, 7) is 0. The highest BCUT2D eigenvalue weighted by atomic mass is 32.1. The minimum atomic E-state index is 1.09. The van der Waals surface area contributed by atoms with E-state index in [0.717, 1.165) is 5.56 Å². The summed E-state index contributed by atoms with van der Waals surface area (Å²) in [5.74, 6) is 0. The molecule has 0 aliphatic rings. The monoisotopic (exact) mass is 165 g/mol. The van der Waals surface area contributed by atoms with Gasteiger partial charge in [-0.2, -0.15) is 0 Å². The van der Waals surface area contributed by atoms with Gasteiger partial charge in [-0.3, -0.25) is 0 Å². The van der Waals surface area contributed by atoms with Gasteiger partial charge >= 0.3 is 0 Å². The van der Waals surface area contributed by atoms with Crippen LogP contribution in [0.25, 0.3) is 0 Å². The lowest BCUT2D eigenvalue weighted by atomic mass is 10.2. The van der Waals surface area contributed by atoms with E-state index in [0.29, 0.717) is 0 Å². The van der Waals surface area contributed by atoms with E-state index in [2.05, 4.69) is 17.0 Å². The van der Waals surface area contributed by atoms with Crippen molar-refractivity contribution >= 4 is 23.3 Å². The zero-order valence-corrected chi connectivity index (χ0v) is 7.56. The molecular weight excluding hydrogens is 154 g/mol. The fourth-order valence-electron chi connectivity index (χ4n) is 0.851. The number of hydrogen-bond acceptors (Lipinski definition) is 2. The van der Waals surface area contributed by atoms with Gasteiger partial charge in [0.25, 0.3) is 0 Å². The quantitative estimate of drug-likeness (QED) is 0.617. The van der Waals surface area contributed by atoms with Gasteiger partial charge in [-0.15, -0.1) is 0 Å². The Labute approximate surface area is 72.6 Å². The lowest BCUT2D eigenvalue weighted by molar-refractivity contribution is 1.13. The predicted octanol–water partition coefficient (Wildman–Crippen LogP) is 2.10. The van der Waals surface area contributed by atoms with Crippen LogP contribution in [0.3, 0.4) is 0 Å². The fourth-order valence-corrected chi connectivity index (χ4v) is 1.01. The molecule has 0 atom stereocenters. The lowest BCUT2D eigenvalue weighted by Crippen LogP contribution is -2.07. The van der Waals surface area contributed by atoms with Crippen LogP contribution >= 0.6 is 12.2 Å². The first-order chi connectivity index (χ1) is 5.24. The fraction of sp³-hybridized carbons (Fsp3) is 0.222. The number of nitrogens with zero attached hydrogens (tertiary/aromatic N) is 1. The average Bonchev–Trinajstić information content (AvgIpc) is 2.05. The Balaban J connectivity index is 2.91. The van der Waals surface area contributed by atoms with Gasteiger partial charge in [0.15, 0.2) is 0 Å². The molecule has 1 aromatic rings. The number of rotatable bonds is 2. The second-order valence-electron chi connectivity index (χ2n) is 2.60. The van der Waals surface area contributed by atoms with E-state index >= 15 is 0 Å². The zero-order valence-electron chi connectivity index (χ0n) is 6.74. The van der Waals surface area contributed by atoms with Crippen molar-refractivity contribution < 1.29 is 0 Å². The van der Waals surface area contributed by atoms with E-state index in [4.69, 9.17) is 12.2 Å². The van der Waals surface area contributed by atoms with Crippen LogP contribution in [0, 0.1) is 0 Å². The van der Waals surface area contributed by atoms with Gasteiger partial charge in [0, 0.05) is 25.2 Å². The van der Waals surface area contributed by atoms with Crippen molar-refractivity contribution in [3.63, 3.8) is 0 Å².